The van der Waals surface area contributed by atoms with E-state index >= 15 is 0 Å². The van der Waals surface area contributed by atoms with Crippen molar-refractivity contribution in [1.82, 2.24) is 0 Å². The second-order valence-corrected chi connectivity index (χ2v) is 10.1. The molecule has 2 aliphatic rings. The number of allylic oxidation sites excluding steroid dienone is 1. The lowest BCUT2D eigenvalue weighted by atomic mass is 9.89. The Bertz CT molecular complexity index is 1400. The van der Waals surface area contributed by atoms with Gasteiger partial charge < -0.3 is 4.74 Å². The van der Waals surface area contributed by atoms with Crippen molar-refractivity contribution in [2.24, 2.45) is 0 Å². The SMILES string of the molecule is CC1=C(c2ccccc2)C(=O)N2c3ccccc3S[C@H](c3ccccc3)C[C@]2(c2ccccc2)O1. The van der Waals surface area contributed by atoms with Gasteiger partial charge in [0.2, 0.25) is 5.72 Å². The average molecular weight is 476 g/mol. The van der Waals surface area contributed by atoms with Crippen LogP contribution in [0.2, 0.25) is 0 Å². The molecule has 2 aliphatic heterocycles. The Morgan fingerprint density at radius 3 is 2.11 bits per heavy atom. The van der Waals surface area contributed by atoms with Crippen molar-refractivity contribution in [3.8, 4) is 0 Å². The molecule has 0 radical (unpaired) electrons. The van der Waals surface area contributed by atoms with E-state index in [0.29, 0.717) is 17.8 Å². The van der Waals surface area contributed by atoms with Gasteiger partial charge in [-0.15, -0.1) is 11.8 Å². The molecule has 4 aromatic carbocycles. The van der Waals surface area contributed by atoms with E-state index in [1.165, 1.54) is 5.56 Å². The first-order valence-electron chi connectivity index (χ1n) is 11.8. The van der Waals surface area contributed by atoms with Gasteiger partial charge in [0.15, 0.2) is 0 Å². The van der Waals surface area contributed by atoms with E-state index in [2.05, 4.69) is 42.5 Å². The quantitative estimate of drug-likeness (QED) is 0.306. The Kier molecular flexibility index (Phi) is 5.46. The van der Waals surface area contributed by atoms with Crippen LogP contribution >= 0.6 is 11.8 Å². The van der Waals surface area contributed by atoms with Crippen molar-refractivity contribution >= 4 is 28.9 Å². The zero-order chi connectivity index (χ0) is 23.8. The number of benzene rings is 4. The van der Waals surface area contributed by atoms with E-state index in [1.54, 1.807) is 11.8 Å². The maximum absolute atomic E-state index is 14.5. The summed E-state index contributed by atoms with van der Waals surface area (Å²) in [7, 11) is 0. The number of rotatable bonds is 3. The van der Waals surface area contributed by atoms with Crippen molar-refractivity contribution in [3.63, 3.8) is 0 Å². The second kappa shape index (κ2) is 8.79. The van der Waals surface area contributed by atoms with E-state index in [0.717, 1.165) is 21.7 Å². The Morgan fingerprint density at radius 2 is 1.40 bits per heavy atom. The fraction of sp³-hybridized carbons (Fsp3) is 0.129. The summed E-state index contributed by atoms with van der Waals surface area (Å²) >= 11 is 1.80. The predicted octanol–water partition coefficient (Wildman–Crippen LogP) is 7.57. The van der Waals surface area contributed by atoms with Gasteiger partial charge in [0.1, 0.15) is 5.76 Å². The van der Waals surface area contributed by atoms with Gasteiger partial charge in [0.25, 0.3) is 5.91 Å². The van der Waals surface area contributed by atoms with E-state index in [-0.39, 0.29) is 11.2 Å². The van der Waals surface area contributed by atoms with Gasteiger partial charge in [-0.3, -0.25) is 9.69 Å². The molecule has 35 heavy (non-hydrogen) atoms. The molecule has 4 heteroatoms. The molecule has 2 heterocycles. The molecule has 0 fully saturated rings. The topological polar surface area (TPSA) is 29.5 Å². The van der Waals surface area contributed by atoms with Gasteiger partial charge in [-0.25, -0.2) is 0 Å². The summed E-state index contributed by atoms with van der Waals surface area (Å²) < 4.78 is 6.96. The molecule has 0 unspecified atom stereocenters. The number of carbonyl (C=O) groups excluding carboxylic acids is 1. The normalized spacial score (nSPS) is 21.6. The molecule has 0 aliphatic carbocycles. The molecule has 0 spiro atoms. The number of amides is 1. The molecule has 0 N–H and O–H groups in total. The van der Waals surface area contributed by atoms with Gasteiger partial charge in [0, 0.05) is 22.1 Å². The van der Waals surface area contributed by atoms with E-state index in [1.807, 2.05) is 84.6 Å². The summed E-state index contributed by atoms with van der Waals surface area (Å²) in [6.45, 7) is 1.92. The minimum atomic E-state index is -0.971. The second-order valence-electron chi connectivity index (χ2n) is 8.88. The summed E-state index contributed by atoms with van der Waals surface area (Å²) in [4.78, 5) is 17.5. The van der Waals surface area contributed by atoms with Gasteiger partial charge >= 0.3 is 0 Å². The standard InChI is InChI=1S/C31H25NO2S/c1-22-29(24-15-7-3-8-16-24)30(33)32-26-19-11-12-20-27(26)35-28(23-13-5-2-6-14-23)21-31(32,34-22)25-17-9-4-10-18-25/h2-20,28H,21H2,1H3/t28-,31+/m0/s1. The lowest BCUT2D eigenvalue weighted by molar-refractivity contribution is -0.123. The minimum Gasteiger partial charge on any atom is -0.467 e. The fourth-order valence-electron chi connectivity index (χ4n) is 5.19. The number of ether oxygens (including phenoxy) is 1. The number of carbonyl (C=O) groups is 1. The third-order valence-electron chi connectivity index (χ3n) is 6.75. The van der Waals surface area contributed by atoms with E-state index < -0.39 is 5.72 Å². The maximum Gasteiger partial charge on any atom is 0.265 e. The number of hydrogen-bond acceptors (Lipinski definition) is 3. The van der Waals surface area contributed by atoms with Crippen molar-refractivity contribution in [3.05, 3.63) is 138 Å². The Hall–Kier alpha value is -3.76. The van der Waals surface area contributed by atoms with Gasteiger partial charge in [-0.1, -0.05) is 103 Å². The largest absolute Gasteiger partial charge is 0.467 e. The van der Waals surface area contributed by atoms with Crippen LogP contribution in [-0.4, -0.2) is 5.91 Å². The highest BCUT2D eigenvalue weighted by atomic mass is 32.2. The van der Waals surface area contributed by atoms with Crippen LogP contribution in [0.25, 0.3) is 5.57 Å². The van der Waals surface area contributed by atoms with Crippen LogP contribution in [0.5, 0.6) is 0 Å². The third kappa shape index (κ3) is 3.65. The maximum atomic E-state index is 14.5. The number of fused-ring (bicyclic) bond motifs is 3. The lowest BCUT2D eigenvalue weighted by Gasteiger charge is -2.47. The highest BCUT2D eigenvalue weighted by Gasteiger charge is 2.53. The molecule has 3 nitrogen and oxygen atoms in total. The Balaban J connectivity index is 1.63. The summed E-state index contributed by atoms with van der Waals surface area (Å²) in [5, 5.41) is 0.0985. The lowest BCUT2D eigenvalue weighted by Crippen LogP contribution is -2.55. The highest BCUT2D eigenvalue weighted by molar-refractivity contribution is 7.99. The third-order valence-corrected chi connectivity index (χ3v) is 8.07. The van der Waals surface area contributed by atoms with E-state index in [9.17, 15) is 4.79 Å². The Morgan fingerprint density at radius 1 is 0.800 bits per heavy atom. The molecule has 0 saturated carbocycles. The molecule has 6 rings (SSSR count). The monoisotopic (exact) mass is 475 g/mol. The molecule has 4 aromatic rings. The molecule has 172 valence electrons. The van der Waals surface area contributed by atoms with Gasteiger partial charge in [-0.2, -0.15) is 0 Å². The number of para-hydroxylation sites is 1. The van der Waals surface area contributed by atoms with Crippen molar-refractivity contribution in [1.29, 1.82) is 0 Å². The van der Waals surface area contributed by atoms with Crippen LogP contribution in [0.4, 0.5) is 5.69 Å². The number of thioether (sulfide) groups is 1. The Labute approximate surface area is 210 Å². The van der Waals surface area contributed by atoms with Crippen LogP contribution in [0, 0.1) is 0 Å². The van der Waals surface area contributed by atoms with E-state index in [4.69, 9.17) is 4.74 Å². The smallest absolute Gasteiger partial charge is 0.265 e. The molecular formula is C31H25NO2S. The van der Waals surface area contributed by atoms with Gasteiger partial charge in [-0.05, 0) is 30.2 Å². The van der Waals surface area contributed by atoms with Crippen LogP contribution in [0.3, 0.4) is 0 Å². The number of anilines is 1. The van der Waals surface area contributed by atoms with Crippen LogP contribution < -0.4 is 4.90 Å². The van der Waals surface area contributed by atoms with Crippen molar-refractivity contribution in [2.75, 3.05) is 4.90 Å². The first-order chi connectivity index (χ1) is 17.2. The zero-order valence-electron chi connectivity index (χ0n) is 19.4. The first-order valence-corrected chi connectivity index (χ1v) is 12.7. The molecule has 0 aromatic heterocycles. The summed E-state index contributed by atoms with van der Waals surface area (Å²) in [5.74, 6) is 0.614. The predicted molar refractivity (Wildman–Crippen MR) is 142 cm³/mol. The average Bonchev–Trinajstić information content (AvgIpc) is 3.05. The molecule has 0 saturated heterocycles. The fourth-order valence-corrected chi connectivity index (χ4v) is 6.54. The minimum absolute atomic E-state index is 0.0365. The molecule has 0 bridgehead atoms. The summed E-state index contributed by atoms with van der Waals surface area (Å²) in [6, 6.07) is 38.7. The zero-order valence-corrected chi connectivity index (χ0v) is 20.2. The molecule has 1 amide bonds. The number of hydrogen-bond donors (Lipinski definition) is 0. The van der Waals surface area contributed by atoms with Gasteiger partial charge in [0.05, 0.1) is 11.3 Å². The molecule has 2 atom stereocenters. The van der Waals surface area contributed by atoms with Crippen molar-refractivity contribution in [2.45, 2.75) is 29.2 Å². The summed E-state index contributed by atoms with van der Waals surface area (Å²) in [5.41, 5.74) is 3.57. The van der Waals surface area contributed by atoms with Crippen LogP contribution in [0.15, 0.2) is 126 Å². The van der Waals surface area contributed by atoms with Crippen molar-refractivity contribution < 1.29 is 9.53 Å². The first kappa shape index (κ1) is 21.8. The van der Waals surface area contributed by atoms with Crippen LogP contribution in [-0.2, 0) is 15.3 Å². The summed E-state index contributed by atoms with van der Waals surface area (Å²) in [6.07, 6.45) is 0.617. The molecular weight excluding hydrogens is 450 g/mol. The van der Waals surface area contributed by atoms with Crippen LogP contribution in [0.1, 0.15) is 35.3 Å². The number of nitrogens with zero attached hydrogens (tertiary/aromatic N) is 1. The highest BCUT2D eigenvalue weighted by Crippen LogP contribution is 2.56.